The minimum absolute atomic E-state index is 0.140. The average Bonchev–Trinajstić information content (AvgIpc) is 2.79. The molecule has 0 radical (unpaired) electrons. The highest BCUT2D eigenvalue weighted by Crippen LogP contribution is 2.27. The second kappa shape index (κ2) is 7.25. The molecule has 0 aliphatic rings. The molecule has 1 N–H and O–H groups in total. The fourth-order valence-corrected chi connectivity index (χ4v) is 3.29. The standard InChI is InChI=1S/C24H15N3O3/c28-22(21-14-13-15-7-1-4-10-18(15)25-21)26-19-11-5-2-8-16(19)23-27-20-12-6-3-9-17(20)24(29)30-23/h1-14H,(H,26,28). The van der Waals surface area contributed by atoms with Crippen molar-refractivity contribution in [2.45, 2.75) is 0 Å². The van der Waals surface area contributed by atoms with Gasteiger partial charge < -0.3 is 9.73 Å². The molecule has 5 aromatic rings. The maximum absolute atomic E-state index is 12.8. The fraction of sp³-hybridized carbons (Fsp3) is 0. The largest absolute Gasteiger partial charge is 0.403 e. The van der Waals surface area contributed by atoms with E-state index < -0.39 is 5.63 Å². The number of carbonyl (C=O) groups is 1. The van der Waals surface area contributed by atoms with E-state index in [1.165, 1.54) is 0 Å². The van der Waals surface area contributed by atoms with Gasteiger partial charge in [0.15, 0.2) is 0 Å². The van der Waals surface area contributed by atoms with Crippen molar-refractivity contribution in [3.05, 3.63) is 101 Å². The molecule has 0 saturated carbocycles. The van der Waals surface area contributed by atoms with Gasteiger partial charge in [-0.2, -0.15) is 0 Å². The van der Waals surface area contributed by atoms with E-state index in [9.17, 15) is 9.59 Å². The number of fused-ring (bicyclic) bond motifs is 2. The summed E-state index contributed by atoms with van der Waals surface area (Å²) in [6, 6.07) is 25.1. The predicted molar refractivity (Wildman–Crippen MR) is 115 cm³/mol. The highest BCUT2D eigenvalue weighted by molar-refractivity contribution is 6.05. The lowest BCUT2D eigenvalue weighted by Gasteiger charge is -2.10. The molecule has 2 aromatic heterocycles. The molecule has 6 heteroatoms. The van der Waals surface area contributed by atoms with Crippen LogP contribution in [0.2, 0.25) is 0 Å². The summed E-state index contributed by atoms with van der Waals surface area (Å²) in [5.41, 5.74) is 2.06. The Kier molecular flexibility index (Phi) is 4.29. The number of amides is 1. The Morgan fingerprint density at radius 3 is 2.40 bits per heavy atom. The second-order valence-corrected chi connectivity index (χ2v) is 6.71. The average molecular weight is 393 g/mol. The van der Waals surface area contributed by atoms with Crippen LogP contribution in [-0.2, 0) is 0 Å². The van der Waals surface area contributed by atoms with Gasteiger partial charge in [0.05, 0.1) is 27.7 Å². The summed E-state index contributed by atoms with van der Waals surface area (Å²) in [6.45, 7) is 0. The van der Waals surface area contributed by atoms with Crippen molar-refractivity contribution in [3.8, 4) is 11.5 Å². The number of carbonyl (C=O) groups excluding carboxylic acids is 1. The molecule has 2 heterocycles. The quantitative estimate of drug-likeness (QED) is 0.482. The van der Waals surface area contributed by atoms with E-state index in [0.717, 1.165) is 10.9 Å². The number of aromatic nitrogens is 2. The maximum atomic E-state index is 12.8. The zero-order chi connectivity index (χ0) is 20.5. The predicted octanol–water partition coefficient (Wildman–Crippen LogP) is 4.66. The van der Waals surface area contributed by atoms with E-state index >= 15 is 0 Å². The van der Waals surface area contributed by atoms with Gasteiger partial charge in [-0.15, -0.1) is 0 Å². The lowest BCUT2D eigenvalue weighted by molar-refractivity contribution is 0.102. The van der Waals surface area contributed by atoms with Crippen LogP contribution in [0.4, 0.5) is 5.69 Å². The van der Waals surface area contributed by atoms with E-state index in [0.29, 0.717) is 22.2 Å². The highest BCUT2D eigenvalue weighted by Gasteiger charge is 2.15. The number of benzene rings is 3. The van der Waals surface area contributed by atoms with Crippen molar-refractivity contribution < 1.29 is 9.21 Å². The summed E-state index contributed by atoms with van der Waals surface area (Å²) in [7, 11) is 0. The van der Waals surface area contributed by atoms with E-state index in [1.807, 2.05) is 30.3 Å². The van der Waals surface area contributed by atoms with Crippen molar-refractivity contribution in [3.63, 3.8) is 0 Å². The van der Waals surface area contributed by atoms with E-state index in [1.54, 1.807) is 54.6 Å². The Bertz CT molecular complexity index is 1470. The van der Waals surface area contributed by atoms with Crippen LogP contribution in [0.25, 0.3) is 33.3 Å². The first-order valence-electron chi connectivity index (χ1n) is 9.35. The molecule has 0 aliphatic heterocycles. The summed E-state index contributed by atoms with van der Waals surface area (Å²) in [6.07, 6.45) is 0. The van der Waals surface area contributed by atoms with Crippen LogP contribution >= 0.6 is 0 Å². The molecule has 6 nitrogen and oxygen atoms in total. The lowest BCUT2D eigenvalue weighted by Crippen LogP contribution is -2.14. The Labute approximate surface area is 170 Å². The monoisotopic (exact) mass is 393 g/mol. The third kappa shape index (κ3) is 3.20. The molecule has 30 heavy (non-hydrogen) atoms. The van der Waals surface area contributed by atoms with Crippen molar-refractivity contribution in [2.24, 2.45) is 0 Å². The van der Waals surface area contributed by atoms with Crippen LogP contribution in [-0.4, -0.2) is 15.9 Å². The van der Waals surface area contributed by atoms with Crippen LogP contribution < -0.4 is 10.9 Å². The first-order chi connectivity index (χ1) is 14.7. The van der Waals surface area contributed by atoms with Gasteiger partial charge in [0, 0.05) is 5.39 Å². The molecule has 0 unspecified atom stereocenters. The molecule has 3 aromatic carbocycles. The smallest absolute Gasteiger partial charge is 0.347 e. The van der Waals surface area contributed by atoms with Crippen LogP contribution in [0.5, 0.6) is 0 Å². The first-order valence-corrected chi connectivity index (χ1v) is 9.35. The Morgan fingerprint density at radius 1 is 0.767 bits per heavy atom. The number of hydrogen-bond donors (Lipinski definition) is 1. The third-order valence-electron chi connectivity index (χ3n) is 4.77. The maximum Gasteiger partial charge on any atom is 0.347 e. The Hall–Kier alpha value is -4.32. The van der Waals surface area contributed by atoms with Crippen LogP contribution in [0.15, 0.2) is 94.1 Å². The summed E-state index contributed by atoms with van der Waals surface area (Å²) < 4.78 is 5.43. The molecule has 0 bridgehead atoms. The minimum Gasteiger partial charge on any atom is -0.403 e. The van der Waals surface area contributed by atoms with Crippen molar-refractivity contribution >= 4 is 33.4 Å². The number of hydrogen-bond acceptors (Lipinski definition) is 5. The topological polar surface area (TPSA) is 85.1 Å². The van der Waals surface area contributed by atoms with Gasteiger partial charge in [-0.25, -0.2) is 14.8 Å². The third-order valence-corrected chi connectivity index (χ3v) is 4.77. The van der Waals surface area contributed by atoms with Crippen molar-refractivity contribution in [1.29, 1.82) is 0 Å². The fourth-order valence-electron chi connectivity index (χ4n) is 3.29. The molecule has 5 rings (SSSR count). The van der Waals surface area contributed by atoms with E-state index in [2.05, 4.69) is 15.3 Å². The molecule has 1 amide bonds. The zero-order valence-corrected chi connectivity index (χ0v) is 15.7. The Balaban J connectivity index is 1.53. The SMILES string of the molecule is O=C(Nc1ccccc1-c1nc2ccccc2c(=O)o1)c1ccc2ccccc2n1. The summed E-state index contributed by atoms with van der Waals surface area (Å²) in [5, 5.41) is 4.21. The van der Waals surface area contributed by atoms with Crippen LogP contribution in [0.1, 0.15) is 10.5 Å². The lowest BCUT2D eigenvalue weighted by atomic mass is 10.1. The molecule has 0 saturated heterocycles. The van der Waals surface area contributed by atoms with Crippen molar-refractivity contribution in [2.75, 3.05) is 5.32 Å². The van der Waals surface area contributed by atoms with E-state index in [4.69, 9.17) is 4.42 Å². The summed E-state index contributed by atoms with van der Waals surface area (Å²) in [5.74, 6) is -0.225. The van der Waals surface area contributed by atoms with Gasteiger partial charge in [-0.05, 0) is 36.4 Å². The van der Waals surface area contributed by atoms with Crippen molar-refractivity contribution in [1.82, 2.24) is 9.97 Å². The van der Waals surface area contributed by atoms with Crippen LogP contribution in [0, 0.1) is 0 Å². The van der Waals surface area contributed by atoms with Gasteiger partial charge in [0.2, 0.25) is 5.89 Å². The molecular formula is C24H15N3O3. The van der Waals surface area contributed by atoms with Gasteiger partial charge >= 0.3 is 5.63 Å². The number of nitrogens with one attached hydrogen (secondary N) is 1. The van der Waals surface area contributed by atoms with Crippen LogP contribution in [0.3, 0.4) is 0 Å². The first kappa shape index (κ1) is 17.8. The number of para-hydroxylation sites is 3. The van der Waals surface area contributed by atoms with Gasteiger partial charge in [0.1, 0.15) is 5.69 Å². The normalized spacial score (nSPS) is 10.9. The molecule has 144 valence electrons. The number of rotatable bonds is 3. The number of pyridine rings is 1. The van der Waals surface area contributed by atoms with Gasteiger partial charge in [-0.3, -0.25) is 4.79 Å². The minimum atomic E-state index is -0.479. The molecular weight excluding hydrogens is 378 g/mol. The number of anilines is 1. The molecule has 0 spiro atoms. The second-order valence-electron chi connectivity index (χ2n) is 6.71. The number of nitrogens with zero attached hydrogens (tertiary/aromatic N) is 2. The van der Waals surface area contributed by atoms with E-state index in [-0.39, 0.29) is 17.5 Å². The highest BCUT2D eigenvalue weighted by atomic mass is 16.4. The van der Waals surface area contributed by atoms with Gasteiger partial charge in [0.25, 0.3) is 5.91 Å². The zero-order valence-electron chi connectivity index (χ0n) is 15.7. The molecule has 0 aliphatic carbocycles. The van der Waals surface area contributed by atoms with Gasteiger partial charge in [-0.1, -0.05) is 48.5 Å². The molecule has 0 atom stereocenters. The molecule has 0 fully saturated rings. The summed E-state index contributed by atoms with van der Waals surface area (Å²) in [4.78, 5) is 34.1. The summed E-state index contributed by atoms with van der Waals surface area (Å²) >= 11 is 0. The Morgan fingerprint density at radius 2 is 1.50 bits per heavy atom.